The first-order valence-electron chi connectivity index (χ1n) is 13.4. The highest BCUT2D eigenvalue weighted by Crippen LogP contribution is 2.40. The highest BCUT2D eigenvalue weighted by Gasteiger charge is 2.45. The Morgan fingerprint density at radius 3 is 2.51 bits per heavy atom. The number of amides is 2. The van der Waals surface area contributed by atoms with Gasteiger partial charge in [0.25, 0.3) is 5.91 Å². The lowest BCUT2D eigenvalue weighted by atomic mass is 9.94. The van der Waals surface area contributed by atoms with Crippen molar-refractivity contribution in [1.82, 2.24) is 10.2 Å². The van der Waals surface area contributed by atoms with Crippen molar-refractivity contribution in [3.63, 3.8) is 0 Å². The number of carbonyl (C=O) groups is 3. The Hall–Kier alpha value is -1.91. The van der Waals surface area contributed by atoms with E-state index in [-0.39, 0.29) is 30.6 Å². The summed E-state index contributed by atoms with van der Waals surface area (Å²) in [5.74, 6) is 1.02. The summed E-state index contributed by atoms with van der Waals surface area (Å²) >= 11 is 3.40. The fourth-order valence-electron chi connectivity index (χ4n) is 4.45. The first kappa shape index (κ1) is 33.3. The zero-order valence-corrected chi connectivity index (χ0v) is 26.6. The maximum absolute atomic E-state index is 13.3. The number of rotatable bonds is 12. The van der Waals surface area contributed by atoms with Gasteiger partial charge in [0, 0.05) is 11.3 Å². The summed E-state index contributed by atoms with van der Waals surface area (Å²) in [5.41, 5.74) is 1.69. The van der Waals surface area contributed by atoms with Gasteiger partial charge in [0.15, 0.2) is 0 Å². The van der Waals surface area contributed by atoms with E-state index < -0.39 is 22.5 Å². The van der Waals surface area contributed by atoms with Crippen molar-refractivity contribution < 1.29 is 28.6 Å². The van der Waals surface area contributed by atoms with Gasteiger partial charge in [-0.25, -0.2) is 9.59 Å². The van der Waals surface area contributed by atoms with Gasteiger partial charge in [-0.05, 0) is 82.6 Å². The lowest BCUT2D eigenvalue weighted by Gasteiger charge is -2.36. The van der Waals surface area contributed by atoms with Crippen LogP contribution in [-0.2, 0) is 25.6 Å². The molecule has 0 spiro atoms. The molecule has 0 radical (unpaired) electrons. The number of esters is 1. The van der Waals surface area contributed by atoms with Crippen molar-refractivity contribution in [1.29, 1.82) is 0 Å². The Bertz CT molecular complexity index is 992. The van der Waals surface area contributed by atoms with Crippen molar-refractivity contribution in [3.05, 3.63) is 34.9 Å². The van der Waals surface area contributed by atoms with Gasteiger partial charge in [-0.15, -0.1) is 11.8 Å². The van der Waals surface area contributed by atoms with Crippen LogP contribution in [0.25, 0.3) is 0 Å². The average molecular weight is 583 g/mol. The van der Waals surface area contributed by atoms with Gasteiger partial charge >= 0.3 is 12.1 Å². The molecule has 0 bridgehead atoms. The van der Waals surface area contributed by atoms with E-state index in [1.165, 1.54) is 7.11 Å². The lowest BCUT2D eigenvalue weighted by Crippen LogP contribution is -2.50. The number of nitrogens with zero attached hydrogens (tertiary/aromatic N) is 1. The molecule has 1 aromatic carbocycles. The van der Waals surface area contributed by atoms with Gasteiger partial charge in [-0.1, -0.05) is 26.0 Å². The topological polar surface area (TPSA) is 94.2 Å². The van der Waals surface area contributed by atoms with Crippen LogP contribution in [-0.4, -0.2) is 76.9 Å². The molecule has 2 amide bonds. The number of thioether (sulfide) groups is 2. The van der Waals surface area contributed by atoms with Crippen LogP contribution in [0.2, 0.25) is 0 Å². The van der Waals surface area contributed by atoms with E-state index in [2.05, 4.69) is 5.32 Å². The Labute approximate surface area is 242 Å². The molecule has 39 heavy (non-hydrogen) atoms. The van der Waals surface area contributed by atoms with Crippen LogP contribution in [0, 0.1) is 0 Å². The molecule has 0 aromatic heterocycles. The first-order chi connectivity index (χ1) is 18.2. The zero-order chi connectivity index (χ0) is 29.4. The molecule has 2 rings (SSSR count). The maximum atomic E-state index is 13.3. The molecule has 2 atom stereocenters. The van der Waals surface area contributed by atoms with E-state index in [4.69, 9.17) is 14.2 Å². The van der Waals surface area contributed by atoms with Crippen molar-refractivity contribution >= 4 is 41.5 Å². The molecule has 1 heterocycles. The summed E-state index contributed by atoms with van der Waals surface area (Å²) in [6.07, 6.45) is 2.98. The minimum atomic E-state index is -0.698. The predicted molar refractivity (Wildman–Crippen MR) is 159 cm³/mol. The Kier molecular flexibility index (Phi) is 12.5. The summed E-state index contributed by atoms with van der Waals surface area (Å²) < 4.78 is 16.7. The predicted octanol–water partition coefficient (Wildman–Crippen LogP) is 5.83. The fourth-order valence-corrected chi connectivity index (χ4v) is 6.12. The first-order valence-corrected chi connectivity index (χ1v) is 15.8. The molecule has 1 aliphatic rings. The van der Waals surface area contributed by atoms with E-state index >= 15 is 0 Å². The molecular formula is C29H46N2O6S2. The maximum Gasteiger partial charge on any atom is 0.411 e. The molecular weight excluding hydrogens is 536 g/mol. The third-order valence-electron chi connectivity index (χ3n) is 6.36. The summed E-state index contributed by atoms with van der Waals surface area (Å²) in [6, 6.07) is 4.92. The summed E-state index contributed by atoms with van der Waals surface area (Å²) in [6.45, 7) is 14.3. The minimum absolute atomic E-state index is 0.119. The second kappa shape index (κ2) is 14.6. The van der Waals surface area contributed by atoms with Crippen LogP contribution < -0.4 is 5.32 Å². The molecule has 10 heteroatoms. The molecule has 1 fully saturated rings. The molecule has 8 nitrogen and oxygen atoms in total. The molecule has 0 aliphatic carbocycles. The smallest absolute Gasteiger partial charge is 0.411 e. The fraction of sp³-hybridized carbons (Fsp3) is 0.690. The van der Waals surface area contributed by atoms with Crippen LogP contribution in [0.3, 0.4) is 0 Å². The van der Waals surface area contributed by atoms with E-state index in [1.807, 2.05) is 72.9 Å². The molecule has 1 unspecified atom stereocenters. The Morgan fingerprint density at radius 1 is 1.23 bits per heavy atom. The molecule has 1 aliphatic heterocycles. The third kappa shape index (κ3) is 9.90. The van der Waals surface area contributed by atoms with Crippen LogP contribution >= 0.6 is 23.5 Å². The molecule has 1 saturated heterocycles. The average Bonchev–Trinajstić information content (AvgIpc) is 3.15. The zero-order valence-electron chi connectivity index (χ0n) is 24.9. The quantitative estimate of drug-likeness (QED) is 0.243. The third-order valence-corrected chi connectivity index (χ3v) is 8.51. The van der Waals surface area contributed by atoms with Crippen molar-refractivity contribution in [2.75, 3.05) is 31.5 Å². The molecule has 1 N–H and O–H groups in total. The Balaban J connectivity index is 2.13. The molecule has 0 saturated carbocycles. The number of ether oxygens (including phenoxy) is 3. The van der Waals surface area contributed by atoms with Gasteiger partial charge in [-0.3, -0.25) is 9.69 Å². The second-order valence-corrected chi connectivity index (χ2v) is 14.1. The van der Waals surface area contributed by atoms with Crippen molar-refractivity contribution in [2.45, 2.75) is 96.4 Å². The van der Waals surface area contributed by atoms with Crippen LogP contribution in [0.5, 0.6) is 0 Å². The van der Waals surface area contributed by atoms with Crippen LogP contribution in [0.1, 0.15) is 88.7 Å². The number of hydrogen-bond acceptors (Lipinski definition) is 8. The summed E-state index contributed by atoms with van der Waals surface area (Å²) in [5, 5.41) is 2.89. The number of methoxy groups -OCH3 is 1. The monoisotopic (exact) mass is 582 g/mol. The van der Waals surface area contributed by atoms with Gasteiger partial charge in [0.1, 0.15) is 11.6 Å². The minimum Gasteiger partial charge on any atom is -0.467 e. The number of nitrogens with one attached hydrogen (secondary N) is 1. The van der Waals surface area contributed by atoms with E-state index in [9.17, 15) is 14.4 Å². The normalized spacial score (nSPS) is 17.7. The number of hydrogen-bond donors (Lipinski definition) is 1. The summed E-state index contributed by atoms with van der Waals surface area (Å²) in [7, 11) is 1.33. The second-order valence-electron chi connectivity index (χ2n) is 11.5. The van der Waals surface area contributed by atoms with Gasteiger partial charge < -0.3 is 19.5 Å². The standard InChI is InChI=1S/C29H46N2O6S2/c1-19(2)22-13-12-20(15-23(22)25(32)30-24(26(33)35-8)11-10-14-38-9)16-36-17-21-18-39-29(6,7)31(21)27(34)37-28(3,4)5/h12-13,15,19,21,24H,10-11,14,16-18H2,1-9H3,(H,30,32)/t21?,24-/m0/s1. The molecule has 220 valence electrons. The van der Waals surface area contributed by atoms with E-state index in [0.717, 1.165) is 29.1 Å². The number of carbonyl (C=O) groups excluding carboxylic acids is 3. The highest BCUT2D eigenvalue weighted by atomic mass is 32.2. The van der Waals surface area contributed by atoms with Gasteiger partial charge in [0.05, 0.1) is 31.2 Å². The lowest BCUT2D eigenvalue weighted by molar-refractivity contribution is -0.143. The van der Waals surface area contributed by atoms with Gasteiger partial charge in [-0.2, -0.15) is 11.8 Å². The van der Waals surface area contributed by atoms with E-state index in [1.54, 1.807) is 28.4 Å². The highest BCUT2D eigenvalue weighted by molar-refractivity contribution is 8.00. The Morgan fingerprint density at radius 2 is 1.92 bits per heavy atom. The van der Waals surface area contributed by atoms with Gasteiger partial charge in [0.2, 0.25) is 0 Å². The SMILES string of the molecule is COC(=O)[C@H](CCCSC)NC(=O)c1cc(COCC2CSC(C)(C)N2C(=O)OC(C)(C)C)ccc1C(C)C. The van der Waals surface area contributed by atoms with Crippen molar-refractivity contribution in [2.24, 2.45) is 0 Å². The largest absolute Gasteiger partial charge is 0.467 e. The van der Waals surface area contributed by atoms with Crippen molar-refractivity contribution in [3.8, 4) is 0 Å². The van der Waals surface area contributed by atoms with Crippen LogP contribution in [0.4, 0.5) is 4.79 Å². The summed E-state index contributed by atoms with van der Waals surface area (Å²) in [4.78, 5) is 40.0. The van der Waals surface area contributed by atoms with E-state index in [0.29, 0.717) is 18.6 Å². The number of benzene rings is 1. The molecule has 1 aromatic rings. The van der Waals surface area contributed by atoms with Crippen LogP contribution in [0.15, 0.2) is 18.2 Å².